The Bertz CT molecular complexity index is 717. The molecule has 0 bridgehead atoms. The van der Waals surface area contributed by atoms with Crippen molar-refractivity contribution in [1.29, 1.82) is 0 Å². The van der Waals surface area contributed by atoms with Gasteiger partial charge in [0.1, 0.15) is 0 Å². The van der Waals surface area contributed by atoms with Crippen LogP contribution in [0, 0.1) is 13.8 Å². The number of sulfonamides is 1. The molecule has 0 radical (unpaired) electrons. The van der Waals surface area contributed by atoms with Crippen molar-refractivity contribution in [2.45, 2.75) is 25.3 Å². The molecule has 0 fully saturated rings. The second-order valence-corrected chi connectivity index (χ2v) is 7.37. The molecule has 0 aromatic heterocycles. The number of aryl methyl sites for hydroxylation is 2. The summed E-state index contributed by atoms with van der Waals surface area (Å²) in [7, 11) is -1.96. The Balaban J connectivity index is 2.28. The van der Waals surface area contributed by atoms with E-state index in [1.165, 1.54) is 10.4 Å². The number of nitrogen functional groups attached to an aromatic ring is 1. The van der Waals surface area contributed by atoms with Crippen molar-refractivity contribution in [3.8, 4) is 0 Å². The highest BCUT2D eigenvalue weighted by Gasteiger charge is 2.21. The first kappa shape index (κ1) is 15.5. The minimum atomic E-state index is -3.54. The van der Waals surface area contributed by atoms with Crippen LogP contribution in [0.25, 0.3) is 0 Å². The number of hydrogen-bond acceptors (Lipinski definition) is 3. The van der Waals surface area contributed by atoms with Crippen molar-refractivity contribution in [2.24, 2.45) is 0 Å². The van der Waals surface area contributed by atoms with Crippen LogP contribution in [-0.4, -0.2) is 19.8 Å². The van der Waals surface area contributed by atoms with Gasteiger partial charge >= 0.3 is 0 Å². The lowest BCUT2D eigenvalue weighted by Gasteiger charge is -2.18. The van der Waals surface area contributed by atoms with Gasteiger partial charge in [-0.25, -0.2) is 8.42 Å². The first-order chi connectivity index (χ1) is 9.79. The molecule has 0 aliphatic carbocycles. The molecule has 0 saturated heterocycles. The smallest absolute Gasteiger partial charge is 0.243 e. The SMILES string of the molecule is Cc1ccc(CN(C)S(=O)(=O)c2cc(C)cc(N)c2)cc1. The number of benzene rings is 2. The fraction of sp³-hybridized carbons (Fsp3) is 0.250. The summed E-state index contributed by atoms with van der Waals surface area (Å²) >= 11 is 0. The number of anilines is 1. The maximum absolute atomic E-state index is 12.6. The van der Waals surface area contributed by atoms with Gasteiger partial charge in [-0.2, -0.15) is 4.31 Å². The minimum absolute atomic E-state index is 0.231. The summed E-state index contributed by atoms with van der Waals surface area (Å²) in [5, 5.41) is 0. The first-order valence-electron chi connectivity index (χ1n) is 6.68. The topological polar surface area (TPSA) is 63.4 Å². The summed E-state index contributed by atoms with van der Waals surface area (Å²) in [6.45, 7) is 4.16. The summed E-state index contributed by atoms with van der Waals surface area (Å²) in [5.41, 5.74) is 9.13. The molecule has 2 N–H and O–H groups in total. The number of nitrogens with two attached hydrogens (primary N) is 1. The van der Waals surface area contributed by atoms with Crippen LogP contribution >= 0.6 is 0 Å². The third-order valence-electron chi connectivity index (χ3n) is 3.31. The van der Waals surface area contributed by atoms with Crippen LogP contribution in [-0.2, 0) is 16.6 Å². The van der Waals surface area contributed by atoms with E-state index in [9.17, 15) is 8.42 Å². The number of rotatable bonds is 4. The lowest BCUT2D eigenvalue weighted by Crippen LogP contribution is -2.26. The third-order valence-corrected chi connectivity index (χ3v) is 5.09. The highest BCUT2D eigenvalue weighted by Crippen LogP contribution is 2.21. The standard InChI is InChI=1S/C16H20N2O2S/c1-12-4-6-14(7-5-12)11-18(3)21(19,20)16-9-13(2)8-15(17)10-16/h4-10H,11,17H2,1-3H3. The van der Waals surface area contributed by atoms with Crippen molar-refractivity contribution >= 4 is 15.7 Å². The molecule has 0 aliphatic heterocycles. The van der Waals surface area contributed by atoms with E-state index in [1.807, 2.05) is 38.1 Å². The van der Waals surface area contributed by atoms with E-state index in [0.717, 1.165) is 16.7 Å². The van der Waals surface area contributed by atoms with Gasteiger partial charge in [-0.05, 0) is 43.2 Å². The molecule has 4 nitrogen and oxygen atoms in total. The molecule has 2 rings (SSSR count). The lowest BCUT2D eigenvalue weighted by atomic mass is 10.1. The Kier molecular flexibility index (Phi) is 4.34. The highest BCUT2D eigenvalue weighted by molar-refractivity contribution is 7.89. The quantitative estimate of drug-likeness (QED) is 0.883. The van der Waals surface area contributed by atoms with Crippen molar-refractivity contribution in [3.05, 3.63) is 59.2 Å². The molecule has 2 aromatic rings. The molecular formula is C16H20N2O2S. The van der Waals surface area contributed by atoms with Crippen LogP contribution in [0.1, 0.15) is 16.7 Å². The molecule has 0 spiro atoms. The highest BCUT2D eigenvalue weighted by atomic mass is 32.2. The summed E-state index contributed by atoms with van der Waals surface area (Å²) in [6.07, 6.45) is 0. The van der Waals surface area contributed by atoms with Crippen LogP contribution in [0.3, 0.4) is 0 Å². The van der Waals surface area contributed by atoms with Gasteiger partial charge < -0.3 is 5.73 Å². The summed E-state index contributed by atoms with van der Waals surface area (Å²) < 4.78 is 26.5. The second-order valence-electron chi connectivity index (χ2n) is 5.33. The van der Waals surface area contributed by atoms with E-state index in [4.69, 9.17) is 5.73 Å². The monoisotopic (exact) mass is 304 g/mol. The average molecular weight is 304 g/mol. The van der Waals surface area contributed by atoms with E-state index in [0.29, 0.717) is 12.2 Å². The molecule has 0 heterocycles. The predicted octanol–water partition coefficient (Wildman–Crippen LogP) is 2.71. The molecular weight excluding hydrogens is 284 g/mol. The third kappa shape index (κ3) is 3.62. The first-order valence-corrected chi connectivity index (χ1v) is 8.12. The summed E-state index contributed by atoms with van der Waals surface area (Å²) in [5.74, 6) is 0. The fourth-order valence-electron chi connectivity index (χ4n) is 2.14. The van der Waals surface area contributed by atoms with Crippen LogP contribution < -0.4 is 5.73 Å². The van der Waals surface area contributed by atoms with Gasteiger partial charge in [0.15, 0.2) is 0 Å². The predicted molar refractivity (Wildman–Crippen MR) is 85.4 cm³/mol. The molecule has 21 heavy (non-hydrogen) atoms. The molecule has 0 amide bonds. The molecule has 112 valence electrons. The summed E-state index contributed by atoms with van der Waals surface area (Å²) in [6, 6.07) is 12.7. The zero-order chi connectivity index (χ0) is 15.6. The van der Waals surface area contributed by atoms with Crippen molar-refractivity contribution < 1.29 is 8.42 Å². The van der Waals surface area contributed by atoms with E-state index in [2.05, 4.69) is 0 Å². The van der Waals surface area contributed by atoms with Crippen LogP contribution in [0.5, 0.6) is 0 Å². The largest absolute Gasteiger partial charge is 0.399 e. The Labute approximate surface area is 126 Å². The normalized spacial score (nSPS) is 11.8. The van der Waals surface area contributed by atoms with E-state index in [1.54, 1.807) is 19.2 Å². The Hall–Kier alpha value is -1.85. The van der Waals surface area contributed by atoms with Crippen LogP contribution in [0.15, 0.2) is 47.4 Å². The van der Waals surface area contributed by atoms with Gasteiger partial charge in [-0.3, -0.25) is 0 Å². The molecule has 0 atom stereocenters. The number of nitrogens with zero attached hydrogens (tertiary/aromatic N) is 1. The van der Waals surface area contributed by atoms with Gasteiger partial charge in [0.2, 0.25) is 10.0 Å². The zero-order valence-electron chi connectivity index (χ0n) is 12.5. The maximum Gasteiger partial charge on any atom is 0.243 e. The molecule has 0 saturated carbocycles. The lowest BCUT2D eigenvalue weighted by molar-refractivity contribution is 0.466. The number of hydrogen-bond donors (Lipinski definition) is 1. The minimum Gasteiger partial charge on any atom is -0.399 e. The van der Waals surface area contributed by atoms with Crippen molar-refractivity contribution in [2.75, 3.05) is 12.8 Å². The average Bonchev–Trinajstić information content (AvgIpc) is 2.40. The van der Waals surface area contributed by atoms with Gasteiger partial charge in [0.05, 0.1) is 4.90 Å². The van der Waals surface area contributed by atoms with Gasteiger partial charge in [-0.1, -0.05) is 29.8 Å². The van der Waals surface area contributed by atoms with E-state index < -0.39 is 10.0 Å². The molecule has 0 unspecified atom stereocenters. The zero-order valence-corrected chi connectivity index (χ0v) is 13.3. The van der Waals surface area contributed by atoms with Crippen LogP contribution in [0.4, 0.5) is 5.69 Å². The van der Waals surface area contributed by atoms with E-state index >= 15 is 0 Å². The maximum atomic E-state index is 12.6. The van der Waals surface area contributed by atoms with Crippen molar-refractivity contribution in [3.63, 3.8) is 0 Å². The van der Waals surface area contributed by atoms with Gasteiger partial charge in [-0.15, -0.1) is 0 Å². The Morgan fingerprint density at radius 3 is 2.19 bits per heavy atom. The second kappa shape index (κ2) is 5.87. The Morgan fingerprint density at radius 1 is 1.00 bits per heavy atom. The Morgan fingerprint density at radius 2 is 1.62 bits per heavy atom. The van der Waals surface area contributed by atoms with Crippen LogP contribution in [0.2, 0.25) is 0 Å². The molecule has 2 aromatic carbocycles. The fourth-order valence-corrected chi connectivity index (χ4v) is 3.44. The van der Waals surface area contributed by atoms with Gasteiger partial charge in [0.25, 0.3) is 0 Å². The van der Waals surface area contributed by atoms with Crippen molar-refractivity contribution in [1.82, 2.24) is 4.31 Å². The van der Waals surface area contributed by atoms with E-state index in [-0.39, 0.29) is 4.90 Å². The molecule has 0 aliphatic rings. The van der Waals surface area contributed by atoms with Gasteiger partial charge in [0, 0.05) is 19.3 Å². The summed E-state index contributed by atoms with van der Waals surface area (Å²) in [4.78, 5) is 0.231. The molecule has 5 heteroatoms.